The Kier molecular flexibility index (Phi) is 3.51. The number of hydrogen-bond acceptors (Lipinski definition) is 5. The summed E-state index contributed by atoms with van der Waals surface area (Å²) in [6.07, 6.45) is -5.05. The summed E-state index contributed by atoms with van der Waals surface area (Å²) in [6.45, 7) is 0.471. The van der Waals surface area contributed by atoms with Gasteiger partial charge in [0.2, 0.25) is 5.75 Å². The fourth-order valence-corrected chi connectivity index (χ4v) is 1.21. The van der Waals surface area contributed by atoms with Gasteiger partial charge in [-0.1, -0.05) is 0 Å². The molecule has 6 nitrogen and oxygen atoms in total. The SMILES string of the molecule is Cc1cc(OC(F)(F)F)c([N+](=O)[O-])c(CO)n1. The number of hydrogen-bond donors (Lipinski definition) is 1. The predicted molar refractivity (Wildman–Crippen MR) is 48.2 cm³/mol. The van der Waals surface area contributed by atoms with Crippen molar-refractivity contribution in [2.45, 2.75) is 19.9 Å². The summed E-state index contributed by atoms with van der Waals surface area (Å²) >= 11 is 0. The van der Waals surface area contributed by atoms with Crippen LogP contribution in [0.3, 0.4) is 0 Å². The van der Waals surface area contributed by atoms with E-state index in [0.717, 1.165) is 6.07 Å². The average molecular weight is 252 g/mol. The minimum Gasteiger partial charge on any atom is -0.398 e. The van der Waals surface area contributed by atoms with E-state index < -0.39 is 35.0 Å². The molecule has 0 amide bonds. The van der Waals surface area contributed by atoms with Crippen LogP contribution in [0.2, 0.25) is 0 Å². The highest BCUT2D eigenvalue weighted by Gasteiger charge is 2.36. The molecular formula is C8H7F3N2O4. The summed E-state index contributed by atoms with van der Waals surface area (Å²) in [5.74, 6) is -0.987. The minimum absolute atomic E-state index is 0.0684. The first-order valence-electron chi connectivity index (χ1n) is 4.26. The van der Waals surface area contributed by atoms with Crippen LogP contribution in [0.5, 0.6) is 5.75 Å². The Bertz CT molecular complexity index is 447. The topological polar surface area (TPSA) is 85.5 Å². The smallest absolute Gasteiger partial charge is 0.398 e. The standard InChI is InChI=1S/C8H7F3N2O4/c1-4-2-6(17-8(9,10)11)7(13(15)16)5(3-14)12-4/h2,14H,3H2,1H3. The molecule has 0 saturated heterocycles. The summed E-state index contributed by atoms with van der Waals surface area (Å²) < 4.78 is 39.6. The van der Waals surface area contributed by atoms with Crippen molar-refractivity contribution in [1.82, 2.24) is 4.98 Å². The second kappa shape index (κ2) is 4.53. The first-order chi connectivity index (χ1) is 7.74. The highest BCUT2D eigenvalue weighted by molar-refractivity contribution is 5.50. The zero-order valence-corrected chi connectivity index (χ0v) is 8.48. The first kappa shape index (κ1) is 13.2. The van der Waals surface area contributed by atoms with E-state index in [1.165, 1.54) is 6.92 Å². The third-order valence-electron chi connectivity index (χ3n) is 1.72. The largest absolute Gasteiger partial charge is 0.573 e. The monoisotopic (exact) mass is 252 g/mol. The van der Waals surface area contributed by atoms with Crippen LogP contribution in [0.25, 0.3) is 0 Å². The van der Waals surface area contributed by atoms with Gasteiger partial charge in [0.25, 0.3) is 0 Å². The average Bonchev–Trinajstić information content (AvgIpc) is 2.12. The maximum Gasteiger partial charge on any atom is 0.573 e. The number of halogens is 3. The van der Waals surface area contributed by atoms with E-state index in [0.29, 0.717) is 0 Å². The molecule has 0 spiro atoms. The lowest BCUT2D eigenvalue weighted by atomic mass is 10.2. The molecule has 94 valence electrons. The zero-order valence-electron chi connectivity index (χ0n) is 8.48. The number of nitrogens with zero attached hydrogens (tertiary/aromatic N) is 2. The Morgan fingerprint density at radius 2 is 2.18 bits per heavy atom. The summed E-state index contributed by atoms with van der Waals surface area (Å²) in [6, 6.07) is 0.783. The second-order valence-electron chi connectivity index (χ2n) is 3.02. The maximum absolute atomic E-state index is 12.0. The number of aromatic nitrogens is 1. The van der Waals surface area contributed by atoms with Crippen molar-refractivity contribution in [2.24, 2.45) is 0 Å². The number of aliphatic hydroxyl groups excluding tert-OH is 1. The number of rotatable bonds is 3. The number of nitro groups is 1. The molecule has 0 atom stereocenters. The number of aryl methyl sites for hydroxylation is 1. The van der Waals surface area contributed by atoms with Gasteiger partial charge in [-0.05, 0) is 6.92 Å². The van der Waals surface area contributed by atoms with E-state index in [4.69, 9.17) is 5.11 Å². The molecule has 1 N–H and O–H groups in total. The summed E-state index contributed by atoms with van der Waals surface area (Å²) in [5, 5.41) is 19.4. The molecule has 1 heterocycles. The first-order valence-corrected chi connectivity index (χ1v) is 4.26. The van der Waals surface area contributed by atoms with Crippen LogP contribution in [-0.4, -0.2) is 21.4 Å². The van der Waals surface area contributed by atoms with Crippen molar-refractivity contribution in [3.05, 3.63) is 27.6 Å². The van der Waals surface area contributed by atoms with Crippen LogP contribution in [0.15, 0.2) is 6.07 Å². The highest BCUT2D eigenvalue weighted by Crippen LogP contribution is 2.34. The van der Waals surface area contributed by atoms with Gasteiger partial charge in [-0.2, -0.15) is 0 Å². The molecule has 0 fully saturated rings. The zero-order chi connectivity index (χ0) is 13.2. The van der Waals surface area contributed by atoms with Crippen LogP contribution in [0.4, 0.5) is 18.9 Å². The van der Waals surface area contributed by atoms with Gasteiger partial charge in [0, 0.05) is 11.8 Å². The van der Waals surface area contributed by atoms with Crippen LogP contribution < -0.4 is 4.74 Å². The Morgan fingerprint density at radius 1 is 1.59 bits per heavy atom. The number of pyridine rings is 1. The molecule has 1 aromatic rings. The fourth-order valence-electron chi connectivity index (χ4n) is 1.21. The van der Waals surface area contributed by atoms with Crippen molar-refractivity contribution >= 4 is 5.69 Å². The lowest BCUT2D eigenvalue weighted by Gasteiger charge is -2.11. The second-order valence-corrected chi connectivity index (χ2v) is 3.02. The van der Waals surface area contributed by atoms with Gasteiger partial charge in [0.1, 0.15) is 5.69 Å². The van der Waals surface area contributed by atoms with Crippen LogP contribution in [-0.2, 0) is 6.61 Å². The van der Waals surface area contributed by atoms with Gasteiger partial charge in [-0.3, -0.25) is 10.1 Å². The van der Waals surface area contributed by atoms with Crippen LogP contribution >= 0.6 is 0 Å². The Balaban J connectivity index is 3.35. The number of aliphatic hydroxyl groups is 1. The van der Waals surface area contributed by atoms with E-state index in [1.54, 1.807) is 0 Å². The summed E-state index contributed by atoms with van der Waals surface area (Å²) in [7, 11) is 0. The molecule has 0 aliphatic carbocycles. The van der Waals surface area contributed by atoms with Crippen LogP contribution in [0.1, 0.15) is 11.4 Å². The summed E-state index contributed by atoms with van der Waals surface area (Å²) in [4.78, 5) is 13.1. The fraction of sp³-hybridized carbons (Fsp3) is 0.375. The lowest BCUT2D eigenvalue weighted by Crippen LogP contribution is -2.19. The van der Waals surface area contributed by atoms with E-state index in [1.807, 2.05) is 0 Å². The highest BCUT2D eigenvalue weighted by atomic mass is 19.4. The molecule has 9 heteroatoms. The van der Waals surface area contributed by atoms with Gasteiger partial charge in [0.05, 0.1) is 11.5 Å². The van der Waals surface area contributed by atoms with Gasteiger partial charge in [0.15, 0.2) is 0 Å². The summed E-state index contributed by atoms with van der Waals surface area (Å²) in [5.41, 5.74) is -1.40. The molecule has 0 bridgehead atoms. The number of ether oxygens (including phenoxy) is 1. The van der Waals surface area contributed by atoms with Crippen molar-refractivity contribution in [3.8, 4) is 5.75 Å². The van der Waals surface area contributed by atoms with Crippen LogP contribution in [0, 0.1) is 17.0 Å². The maximum atomic E-state index is 12.0. The Morgan fingerprint density at radius 3 is 2.59 bits per heavy atom. The molecule has 0 saturated carbocycles. The molecule has 0 aromatic carbocycles. The van der Waals surface area contributed by atoms with Gasteiger partial charge in [-0.25, -0.2) is 4.98 Å². The lowest BCUT2D eigenvalue weighted by molar-refractivity contribution is -0.390. The predicted octanol–water partition coefficient (Wildman–Crippen LogP) is 1.69. The van der Waals surface area contributed by atoms with Crippen molar-refractivity contribution in [2.75, 3.05) is 0 Å². The molecule has 0 aliphatic heterocycles. The molecule has 1 aromatic heterocycles. The van der Waals surface area contributed by atoms with E-state index in [-0.39, 0.29) is 5.69 Å². The third-order valence-corrected chi connectivity index (χ3v) is 1.72. The van der Waals surface area contributed by atoms with E-state index in [2.05, 4.69) is 9.72 Å². The molecule has 0 aliphatic rings. The molecular weight excluding hydrogens is 245 g/mol. The normalized spacial score (nSPS) is 11.4. The molecule has 0 radical (unpaired) electrons. The Labute approximate surface area is 92.8 Å². The number of alkyl halides is 3. The van der Waals surface area contributed by atoms with Crippen molar-refractivity contribution < 1.29 is 27.9 Å². The quantitative estimate of drug-likeness (QED) is 0.653. The van der Waals surface area contributed by atoms with E-state index >= 15 is 0 Å². The van der Waals surface area contributed by atoms with Gasteiger partial charge in [-0.15, -0.1) is 13.2 Å². The van der Waals surface area contributed by atoms with Crippen molar-refractivity contribution in [1.29, 1.82) is 0 Å². The molecule has 0 unspecified atom stereocenters. The van der Waals surface area contributed by atoms with Gasteiger partial charge < -0.3 is 9.84 Å². The minimum atomic E-state index is -5.05. The van der Waals surface area contributed by atoms with E-state index in [9.17, 15) is 23.3 Å². The third kappa shape index (κ3) is 3.28. The van der Waals surface area contributed by atoms with Gasteiger partial charge >= 0.3 is 12.0 Å². The van der Waals surface area contributed by atoms with Crippen molar-refractivity contribution in [3.63, 3.8) is 0 Å². The molecule has 17 heavy (non-hydrogen) atoms. The molecule has 1 rings (SSSR count). The Hall–Kier alpha value is -1.90.